The standard InChI is InChI=1S/2C7H6O6S.Be/c2*8-7(9)5-3-1-2-4-6(5)13-14(10,11)12;/h2*1-4H,(H,8,9)(H,10,11,12);/q;;+2/p-2. The third kappa shape index (κ3) is 9.64. The molecule has 0 saturated carbocycles. The van der Waals surface area contributed by atoms with Crippen molar-refractivity contribution in [3.63, 3.8) is 0 Å². The number of carbonyl (C=O) groups excluding carboxylic acids is 2. The topological polar surface area (TPSA) is 207 Å². The third-order valence-electron chi connectivity index (χ3n) is 2.60. The molecule has 0 aliphatic heterocycles. The second kappa shape index (κ2) is 10.5. The molecule has 29 heavy (non-hydrogen) atoms. The zero-order chi connectivity index (χ0) is 21.5. The Morgan fingerprint density at radius 3 is 1.21 bits per heavy atom. The van der Waals surface area contributed by atoms with E-state index in [1.807, 2.05) is 0 Å². The first-order chi connectivity index (χ1) is 12.8. The number of benzene rings is 2. The van der Waals surface area contributed by atoms with Gasteiger partial charge in [-0.05, 0) is 24.3 Å². The minimum atomic E-state index is -4.72. The van der Waals surface area contributed by atoms with Crippen molar-refractivity contribution in [2.75, 3.05) is 0 Å². The van der Waals surface area contributed by atoms with Gasteiger partial charge in [-0.1, -0.05) is 24.3 Å². The van der Waals surface area contributed by atoms with Crippen LogP contribution in [-0.2, 0) is 20.8 Å². The predicted octanol–water partition coefficient (Wildman–Crippen LogP) is -1.92. The molecule has 12 nitrogen and oxygen atoms in total. The van der Waals surface area contributed by atoms with Crippen molar-refractivity contribution in [2.45, 2.75) is 0 Å². The van der Waals surface area contributed by atoms with Gasteiger partial charge in [-0.3, -0.25) is 9.11 Å². The molecule has 2 aromatic carbocycles. The number of para-hydroxylation sites is 2. The summed E-state index contributed by atoms with van der Waals surface area (Å²) < 4.78 is 65.8. The van der Waals surface area contributed by atoms with Crippen LogP contribution in [0.15, 0.2) is 48.5 Å². The largest absolute Gasteiger partial charge is 2.00 e. The van der Waals surface area contributed by atoms with Crippen molar-refractivity contribution in [3.05, 3.63) is 59.7 Å². The van der Waals surface area contributed by atoms with Crippen LogP contribution in [0, 0.1) is 0 Å². The first kappa shape index (κ1) is 26.0. The Hall–Kier alpha value is -3.03. The quantitative estimate of drug-likeness (QED) is 0.370. The van der Waals surface area contributed by atoms with E-state index >= 15 is 0 Å². The summed E-state index contributed by atoms with van der Waals surface area (Å²) in [6, 6.07) is 9.79. The molecule has 2 aromatic rings. The van der Waals surface area contributed by atoms with Gasteiger partial charge < -0.3 is 28.2 Å². The van der Waals surface area contributed by atoms with Crippen molar-refractivity contribution >= 4 is 42.9 Å². The molecule has 0 fully saturated rings. The predicted molar refractivity (Wildman–Crippen MR) is 91.7 cm³/mol. The summed E-state index contributed by atoms with van der Waals surface area (Å²) in [7, 11) is -9.45. The Morgan fingerprint density at radius 1 is 0.690 bits per heavy atom. The number of carboxylic acid groups (broad SMARTS) is 2. The molecule has 2 N–H and O–H groups in total. The van der Waals surface area contributed by atoms with Gasteiger partial charge in [0.2, 0.25) is 0 Å². The van der Waals surface area contributed by atoms with Gasteiger partial charge in [0.05, 0.1) is 11.9 Å². The molecule has 0 bridgehead atoms. The van der Waals surface area contributed by atoms with E-state index in [-0.39, 0.29) is 10.1 Å². The van der Waals surface area contributed by atoms with E-state index in [0.717, 1.165) is 24.3 Å². The van der Waals surface area contributed by atoms with Gasteiger partial charge in [0.15, 0.2) is 11.5 Å². The summed E-state index contributed by atoms with van der Waals surface area (Å²) in [5.74, 6) is -4.17. The minimum Gasteiger partial charge on any atom is -0.545 e. The molecule has 0 atom stereocenters. The summed E-state index contributed by atoms with van der Waals surface area (Å²) in [6.45, 7) is 0. The van der Waals surface area contributed by atoms with Gasteiger partial charge >= 0.3 is 30.9 Å². The second-order valence-electron chi connectivity index (χ2n) is 4.59. The normalized spacial score (nSPS) is 10.6. The van der Waals surface area contributed by atoms with Crippen LogP contribution < -0.4 is 18.6 Å². The Kier molecular flexibility index (Phi) is 9.40. The smallest absolute Gasteiger partial charge is 0.545 e. The Bertz CT molecular complexity index is 992. The van der Waals surface area contributed by atoms with E-state index < -0.39 is 55.4 Å². The Morgan fingerprint density at radius 2 is 0.966 bits per heavy atom. The number of carbonyl (C=O) groups is 2. The van der Waals surface area contributed by atoms with Gasteiger partial charge in [0, 0.05) is 11.1 Å². The molecule has 0 radical (unpaired) electrons. The monoisotopic (exact) mass is 443 g/mol. The van der Waals surface area contributed by atoms with Gasteiger partial charge in [0.25, 0.3) is 0 Å². The number of aromatic carboxylic acids is 2. The van der Waals surface area contributed by atoms with Gasteiger partial charge in [-0.25, -0.2) is 0 Å². The molecule has 0 spiro atoms. The summed E-state index contributed by atoms with van der Waals surface area (Å²) >= 11 is 0. The zero-order valence-electron chi connectivity index (χ0n) is 14.1. The van der Waals surface area contributed by atoms with Crippen LogP contribution in [0.4, 0.5) is 0 Å². The average Bonchev–Trinajstić information content (AvgIpc) is 2.53. The van der Waals surface area contributed by atoms with Crippen LogP contribution in [0.2, 0.25) is 0 Å². The molecule has 0 saturated heterocycles. The molecule has 0 aromatic heterocycles. The second-order valence-corrected chi connectivity index (χ2v) is 6.63. The molecule has 2 rings (SSSR count). The summed E-state index contributed by atoms with van der Waals surface area (Å²) in [4.78, 5) is 20.9. The van der Waals surface area contributed by atoms with Crippen molar-refractivity contribution in [1.29, 1.82) is 0 Å². The van der Waals surface area contributed by atoms with Crippen LogP contribution in [0.3, 0.4) is 0 Å². The van der Waals surface area contributed by atoms with Crippen molar-refractivity contribution < 1.29 is 54.1 Å². The van der Waals surface area contributed by atoms with Gasteiger partial charge in [-0.2, -0.15) is 16.8 Å². The van der Waals surface area contributed by atoms with Crippen LogP contribution in [-0.4, -0.2) is 48.0 Å². The van der Waals surface area contributed by atoms with Gasteiger partial charge in [-0.15, -0.1) is 0 Å². The van der Waals surface area contributed by atoms with E-state index in [1.165, 1.54) is 24.3 Å². The SMILES string of the molecule is O=C([O-])c1ccccc1OS(=O)(=O)O.O=C([O-])c1ccccc1OS(=O)(=O)O.[Be+2]. The molecule has 0 heterocycles. The Labute approximate surface area is 168 Å². The van der Waals surface area contributed by atoms with Gasteiger partial charge in [0.1, 0.15) is 0 Å². The van der Waals surface area contributed by atoms with Crippen LogP contribution in [0.25, 0.3) is 0 Å². The van der Waals surface area contributed by atoms with Crippen LogP contribution >= 0.6 is 0 Å². The molecule has 152 valence electrons. The third-order valence-corrected chi connectivity index (χ3v) is 3.38. The number of carboxylic acids is 2. The van der Waals surface area contributed by atoms with Crippen LogP contribution in [0.1, 0.15) is 20.7 Å². The maximum absolute atomic E-state index is 10.4. The molecular weight excluding hydrogens is 433 g/mol. The zero-order valence-corrected chi connectivity index (χ0v) is 15.8. The minimum absolute atomic E-state index is 0. The summed E-state index contributed by atoms with van der Waals surface area (Å²) in [5, 5.41) is 20.9. The molecule has 0 amide bonds. The average molecular weight is 443 g/mol. The summed E-state index contributed by atoms with van der Waals surface area (Å²) in [5.41, 5.74) is -0.907. The Balaban J connectivity index is 0.000000523. The maximum atomic E-state index is 10.4. The van der Waals surface area contributed by atoms with E-state index in [1.54, 1.807) is 0 Å². The fraction of sp³-hybridized carbons (Fsp3) is 0. The van der Waals surface area contributed by atoms with E-state index in [4.69, 9.17) is 9.11 Å². The van der Waals surface area contributed by atoms with Crippen molar-refractivity contribution in [1.82, 2.24) is 0 Å². The molecule has 15 heteroatoms. The number of hydrogen-bond donors (Lipinski definition) is 2. The van der Waals surface area contributed by atoms with Crippen LogP contribution in [0.5, 0.6) is 11.5 Å². The molecule has 0 unspecified atom stereocenters. The molecule has 0 aliphatic rings. The number of rotatable bonds is 6. The van der Waals surface area contributed by atoms with E-state index in [2.05, 4.69) is 8.37 Å². The fourth-order valence-electron chi connectivity index (χ4n) is 1.64. The maximum Gasteiger partial charge on any atom is 2.00 e. The van der Waals surface area contributed by atoms with E-state index in [9.17, 15) is 36.6 Å². The number of hydrogen-bond acceptors (Lipinski definition) is 10. The fourth-order valence-corrected chi connectivity index (χ4v) is 2.39. The van der Waals surface area contributed by atoms with Crippen molar-refractivity contribution in [3.8, 4) is 11.5 Å². The summed E-state index contributed by atoms with van der Waals surface area (Å²) in [6.07, 6.45) is 0. The van der Waals surface area contributed by atoms with Crippen molar-refractivity contribution in [2.24, 2.45) is 0 Å². The molecule has 0 aliphatic carbocycles. The molecular formula is C14H10BeO12S2. The van der Waals surface area contributed by atoms with E-state index in [0.29, 0.717) is 0 Å². The first-order valence-electron chi connectivity index (χ1n) is 6.74. The first-order valence-corrected chi connectivity index (χ1v) is 9.47.